The van der Waals surface area contributed by atoms with Crippen molar-refractivity contribution in [1.82, 2.24) is 9.80 Å². The molecule has 5 rings (SSSR count). The van der Waals surface area contributed by atoms with E-state index in [2.05, 4.69) is 51.9 Å². The van der Waals surface area contributed by atoms with E-state index in [-0.39, 0.29) is 0 Å². The maximum Gasteiger partial charge on any atom is 0.213 e. The van der Waals surface area contributed by atoms with Crippen LogP contribution in [0, 0.1) is 0 Å². The van der Waals surface area contributed by atoms with Crippen molar-refractivity contribution in [2.24, 2.45) is 0 Å². The molecule has 2 aliphatic rings. The fraction of sp³-hybridized carbons (Fsp3) is 0.464. The van der Waals surface area contributed by atoms with E-state index >= 15 is 0 Å². The van der Waals surface area contributed by atoms with Gasteiger partial charge in [-0.1, -0.05) is 0 Å². The monoisotopic (exact) mass is 478 g/mol. The number of piperazine rings is 1. The second-order valence-electron chi connectivity index (χ2n) is 9.41. The molecule has 0 bridgehead atoms. The molecule has 0 unspecified atom stereocenters. The molecule has 0 atom stereocenters. The number of ether oxygens (including phenoxy) is 4. The summed E-state index contributed by atoms with van der Waals surface area (Å²) in [7, 11) is 7.27. The Kier molecular flexibility index (Phi) is 6.97. The molecule has 1 fully saturated rings. The highest BCUT2D eigenvalue weighted by Crippen LogP contribution is 2.40. The fourth-order valence-electron chi connectivity index (χ4n) is 5.20. The number of benzene rings is 2. The van der Waals surface area contributed by atoms with Crippen LogP contribution < -0.4 is 23.5 Å². The van der Waals surface area contributed by atoms with Crippen LogP contribution in [0.15, 0.2) is 36.5 Å². The molecule has 1 aromatic heterocycles. The molecule has 186 valence electrons. The molecule has 2 aliphatic heterocycles. The molecule has 2 aromatic carbocycles. The van der Waals surface area contributed by atoms with Crippen LogP contribution >= 0.6 is 0 Å². The van der Waals surface area contributed by atoms with Gasteiger partial charge in [-0.15, -0.1) is 0 Å². The molecular weight excluding hydrogens is 442 g/mol. The van der Waals surface area contributed by atoms with Gasteiger partial charge in [-0.25, -0.2) is 0 Å². The lowest BCUT2D eigenvalue weighted by Gasteiger charge is -2.32. The van der Waals surface area contributed by atoms with Crippen molar-refractivity contribution in [2.45, 2.75) is 19.4 Å². The molecule has 7 heteroatoms. The number of hydrogen-bond donors (Lipinski definition) is 0. The summed E-state index contributed by atoms with van der Waals surface area (Å²) in [6.07, 6.45) is 4.11. The van der Waals surface area contributed by atoms with Crippen LogP contribution in [0.5, 0.6) is 23.0 Å². The van der Waals surface area contributed by atoms with Crippen LogP contribution in [0.25, 0.3) is 22.0 Å². The van der Waals surface area contributed by atoms with E-state index in [0.717, 1.165) is 85.9 Å². The molecule has 35 heavy (non-hydrogen) atoms. The first-order chi connectivity index (χ1) is 17.1. The quantitative estimate of drug-likeness (QED) is 0.365. The second-order valence-corrected chi connectivity index (χ2v) is 9.41. The van der Waals surface area contributed by atoms with E-state index < -0.39 is 0 Å². The number of nitrogens with zero attached hydrogens (tertiary/aromatic N) is 3. The van der Waals surface area contributed by atoms with Crippen molar-refractivity contribution >= 4 is 10.8 Å². The minimum absolute atomic E-state index is 0.677. The number of aryl methyl sites for hydroxylation is 2. The third-order valence-corrected chi connectivity index (χ3v) is 7.26. The number of likely N-dealkylation sites (N-methyl/N-ethyl adjacent to an activating group) is 1. The van der Waals surface area contributed by atoms with E-state index in [1.807, 2.05) is 6.07 Å². The summed E-state index contributed by atoms with van der Waals surface area (Å²) < 4.78 is 25.5. The molecule has 3 aromatic rings. The Morgan fingerprint density at radius 1 is 0.886 bits per heavy atom. The molecule has 3 heterocycles. The minimum atomic E-state index is 0.677. The minimum Gasteiger partial charge on any atom is -0.493 e. The van der Waals surface area contributed by atoms with E-state index in [4.69, 9.17) is 18.9 Å². The van der Waals surface area contributed by atoms with Crippen LogP contribution in [-0.2, 0) is 13.0 Å². The molecule has 0 N–H and O–H groups in total. The zero-order valence-electron chi connectivity index (χ0n) is 21.3. The Morgan fingerprint density at radius 3 is 2.43 bits per heavy atom. The van der Waals surface area contributed by atoms with Crippen LogP contribution in [0.4, 0.5) is 0 Å². The van der Waals surface area contributed by atoms with Crippen LogP contribution in [0.2, 0.25) is 0 Å². The van der Waals surface area contributed by atoms with Crippen LogP contribution in [-0.4, -0.2) is 77.5 Å². The second kappa shape index (κ2) is 10.3. The van der Waals surface area contributed by atoms with Gasteiger partial charge in [0.2, 0.25) is 5.69 Å². The summed E-state index contributed by atoms with van der Waals surface area (Å²) in [6, 6.07) is 10.6. The number of fused-ring (bicyclic) bond motifs is 4. The standard InChI is InChI=1S/C28H36N3O4/c1-29-11-13-30(14-12-29)9-5-15-35-27-18-22-21(17-26(27)33-3)8-10-31-19-23-20(16-24(22)31)6-7-25(32-2)28(23)34-4/h6-7,16-19H,5,8-15H2,1-4H3/q+1. The Labute approximate surface area is 207 Å². The average molecular weight is 479 g/mol. The maximum absolute atomic E-state index is 6.27. The predicted molar refractivity (Wildman–Crippen MR) is 137 cm³/mol. The first kappa shape index (κ1) is 23.7. The number of rotatable bonds is 8. The van der Waals surface area contributed by atoms with Gasteiger partial charge >= 0.3 is 0 Å². The number of hydrogen-bond acceptors (Lipinski definition) is 6. The van der Waals surface area contributed by atoms with Crippen molar-refractivity contribution in [3.8, 4) is 34.3 Å². The summed E-state index contributed by atoms with van der Waals surface area (Å²) in [5, 5.41) is 2.17. The van der Waals surface area contributed by atoms with Crippen LogP contribution in [0.3, 0.4) is 0 Å². The lowest BCUT2D eigenvalue weighted by atomic mass is 9.95. The Morgan fingerprint density at radius 2 is 1.69 bits per heavy atom. The highest BCUT2D eigenvalue weighted by atomic mass is 16.5. The normalized spacial score (nSPS) is 16.0. The number of aromatic nitrogens is 1. The van der Waals surface area contributed by atoms with Gasteiger partial charge in [0.25, 0.3) is 0 Å². The Bertz CT molecular complexity index is 1200. The number of methoxy groups -OCH3 is 3. The van der Waals surface area contributed by atoms with Crippen molar-refractivity contribution < 1.29 is 23.5 Å². The molecule has 1 saturated heterocycles. The summed E-state index contributed by atoms with van der Waals surface area (Å²) in [6.45, 7) is 7.20. The molecule has 0 radical (unpaired) electrons. The highest BCUT2D eigenvalue weighted by Gasteiger charge is 2.27. The third kappa shape index (κ3) is 4.75. The summed E-state index contributed by atoms with van der Waals surface area (Å²) in [5.74, 6) is 3.13. The van der Waals surface area contributed by atoms with E-state index in [1.54, 1.807) is 21.3 Å². The summed E-state index contributed by atoms with van der Waals surface area (Å²) >= 11 is 0. The average Bonchev–Trinajstić information content (AvgIpc) is 2.89. The molecule has 0 aliphatic carbocycles. The van der Waals surface area contributed by atoms with E-state index in [9.17, 15) is 0 Å². The van der Waals surface area contributed by atoms with Crippen molar-refractivity contribution in [3.05, 3.63) is 42.1 Å². The molecular formula is C28H36N3O4+. The van der Waals surface area contributed by atoms with Gasteiger partial charge in [0.15, 0.2) is 35.7 Å². The fourth-order valence-corrected chi connectivity index (χ4v) is 5.20. The third-order valence-electron chi connectivity index (χ3n) is 7.26. The first-order valence-electron chi connectivity index (χ1n) is 12.4. The zero-order chi connectivity index (χ0) is 24.4. The molecule has 0 saturated carbocycles. The molecule has 0 spiro atoms. The summed E-state index contributed by atoms with van der Waals surface area (Å²) in [5.41, 5.74) is 3.66. The smallest absolute Gasteiger partial charge is 0.213 e. The number of pyridine rings is 1. The predicted octanol–water partition coefficient (Wildman–Crippen LogP) is 3.39. The Balaban J connectivity index is 1.39. The van der Waals surface area contributed by atoms with Gasteiger partial charge in [-0.05, 0) is 48.7 Å². The van der Waals surface area contributed by atoms with Gasteiger partial charge in [-0.3, -0.25) is 0 Å². The Hall–Kier alpha value is -3.03. The van der Waals surface area contributed by atoms with Gasteiger partial charge < -0.3 is 28.7 Å². The van der Waals surface area contributed by atoms with Crippen LogP contribution in [0.1, 0.15) is 12.0 Å². The van der Waals surface area contributed by atoms with E-state index in [0.29, 0.717) is 6.61 Å². The summed E-state index contributed by atoms with van der Waals surface area (Å²) in [4.78, 5) is 4.91. The van der Waals surface area contributed by atoms with Crippen molar-refractivity contribution in [2.75, 3.05) is 67.7 Å². The lowest BCUT2D eigenvalue weighted by molar-refractivity contribution is -0.686. The largest absolute Gasteiger partial charge is 0.493 e. The van der Waals surface area contributed by atoms with Crippen molar-refractivity contribution in [3.63, 3.8) is 0 Å². The molecule has 0 amide bonds. The highest BCUT2D eigenvalue weighted by molar-refractivity contribution is 5.91. The molecule has 7 nitrogen and oxygen atoms in total. The van der Waals surface area contributed by atoms with Gasteiger partial charge in [-0.2, -0.15) is 4.57 Å². The first-order valence-corrected chi connectivity index (χ1v) is 12.4. The van der Waals surface area contributed by atoms with Gasteiger partial charge in [0, 0.05) is 45.2 Å². The van der Waals surface area contributed by atoms with Crippen molar-refractivity contribution in [1.29, 1.82) is 0 Å². The maximum atomic E-state index is 6.27. The SMILES string of the molecule is COc1cc2c(cc1OCCCN1CCN(C)CC1)-c1cc3ccc(OC)c(OC)c3c[n+]1CC2. The van der Waals surface area contributed by atoms with Gasteiger partial charge in [0.05, 0.1) is 38.9 Å². The lowest BCUT2D eigenvalue weighted by Crippen LogP contribution is -2.44. The zero-order valence-corrected chi connectivity index (χ0v) is 21.3. The van der Waals surface area contributed by atoms with Gasteiger partial charge in [0.1, 0.15) is 0 Å². The van der Waals surface area contributed by atoms with E-state index in [1.165, 1.54) is 16.8 Å². The topological polar surface area (TPSA) is 47.3 Å².